The Morgan fingerprint density at radius 1 is 0.938 bits per heavy atom. The molecule has 0 aliphatic heterocycles. The van der Waals surface area contributed by atoms with Gasteiger partial charge in [-0.25, -0.2) is 5.11 Å². The van der Waals surface area contributed by atoms with E-state index in [1.807, 2.05) is 0 Å². The summed E-state index contributed by atoms with van der Waals surface area (Å²) in [7, 11) is 0. The molecule has 0 bridgehead atoms. The molecule has 0 saturated heterocycles. The Morgan fingerprint density at radius 2 is 1.69 bits per heavy atom. The Morgan fingerprint density at radius 3 is 2.31 bits per heavy atom. The number of hydrogen-bond acceptors (Lipinski definition) is 0. The van der Waals surface area contributed by atoms with Crippen LogP contribution in [0.2, 0.25) is 0 Å². The third kappa shape index (κ3) is 3.97. The van der Waals surface area contributed by atoms with Crippen LogP contribution in [-0.2, 0) is 24.4 Å². The first-order chi connectivity index (χ1) is 7.81. The fourth-order valence-corrected chi connectivity index (χ4v) is 2.13. The first-order valence-electron chi connectivity index (χ1n) is 6.50. The van der Waals surface area contributed by atoms with Crippen molar-refractivity contribution in [1.29, 1.82) is 0 Å². The van der Waals surface area contributed by atoms with Crippen LogP contribution in [0.25, 0.3) is 0 Å². The van der Waals surface area contributed by atoms with Crippen molar-refractivity contribution in [2.45, 2.75) is 52.4 Å². The summed E-state index contributed by atoms with van der Waals surface area (Å²) >= 11 is 0. The van der Waals surface area contributed by atoms with Gasteiger partial charge in [-0.15, -0.1) is 0 Å². The third-order valence-corrected chi connectivity index (χ3v) is 2.92. The molecule has 1 aromatic carbocycles. The van der Waals surface area contributed by atoms with Crippen LogP contribution in [0.3, 0.4) is 0 Å². The van der Waals surface area contributed by atoms with Crippen LogP contribution in [-0.4, -0.2) is 6.61 Å². The first kappa shape index (κ1) is 13.2. The zero-order valence-electron chi connectivity index (χ0n) is 10.6. The van der Waals surface area contributed by atoms with E-state index < -0.39 is 0 Å². The maximum absolute atomic E-state index is 10.5. The lowest BCUT2D eigenvalue weighted by molar-refractivity contribution is 0.189. The molecule has 0 fully saturated rings. The highest BCUT2D eigenvalue weighted by Crippen LogP contribution is 2.17. The SMILES string of the molecule is CCCc1ccc(CCC[O])c(CCC)c1. The molecule has 1 radical (unpaired) electrons. The number of rotatable bonds is 7. The molecule has 0 aliphatic carbocycles. The maximum Gasteiger partial charge on any atom is 0.0825 e. The van der Waals surface area contributed by atoms with Crippen molar-refractivity contribution in [3.05, 3.63) is 34.9 Å². The molecule has 1 nitrogen and oxygen atoms in total. The van der Waals surface area contributed by atoms with Crippen molar-refractivity contribution in [2.75, 3.05) is 6.61 Å². The van der Waals surface area contributed by atoms with Crippen LogP contribution in [0, 0.1) is 0 Å². The van der Waals surface area contributed by atoms with Crippen LogP contribution < -0.4 is 0 Å². The predicted octanol–water partition coefficient (Wildman–Crippen LogP) is 3.95. The second-order valence-electron chi connectivity index (χ2n) is 4.41. The highest BCUT2D eigenvalue weighted by Gasteiger charge is 2.03. The molecule has 0 unspecified atom stereocenters. The van der Waals surface area contributed by atoms with Crippen molar-refractivity contribution >= 4 is 0 Å². The molecule has 1 rings (SSSR count). The molecular weight excluding hydrogens is 196 g/mol. The molecule has 0 atom stereocenters. The van der Waals surface area contributed by atoms with Gasteiger partial charge in [0.15, 0.2) is 0 Å². The van der Waals surface area contributed by atoms with E-state index in [4.69, 9.17) is 0 Å². The maximum atomic E-state index is 10.5. The monoisotopic (exact) mass is 219 g/mol. The van der Waals surface area contributed by atoms with Crippen LogP contribution in [0.4, 0.5) is 0 Å². The summed E-state index contributed by atoms with van der Waals surface area (Å²) in [5.74, 6) is 0. The lowest BCUT2D eigenvalue weighted by atomic mass is 9.96. The van der Waals surface area contributed by atoms with Gasteiger partial charge >= 0.3 is 0 Å². The minimum absolute atomic E-state index is 0.0439. The molecule has 0 N–H and O–H groups in total. The van der Waals surface area contributed by atoms with Gasteiger partial charge in [0.1, 0.15) is 0 Å². The van der Waals surface area contributed by atoms with E-state index in [0.29, 0.717) is 0 Å². The van der Waals surface area contributed by atoms with Crippen molar-refractivity contribution in [3.8, 4) is 0 Å². The molecule has 16 heavy (non-hydrogen) atoms. The second kappa shape index (κ2) is 7.45. The average molecular weight is 219 g/mol. The summed E-state index contributed by atoms with van der Waals surface area (Å²) < 4.78 is 0. The van der Waals surface area contributed by atoms with E-state index in [1.54, 1.807) is 0 Å². The summed E-state index contributed by atoms with van der Waals surface area (Å²) in [5, 5.41) is 10.5. The summed E-state index contributed by atoms with van der Waals surface area (Å²) in [4.78, 5) is 0. The zero-order valence-corrected chi connectivity index (χ0v) is 10.6. The van der Waals surface area contributed by atoms with Crippen molar-refractivity contribution < 1.29 is 5.11 Å². The molecule has 0 heterocycles. The van der Waals surface area contributed by atoms with Gasteiger partial charge in [-0.3, -0.25) is 0 Å². The molecule has 1 heteroatoms. The minimum Gasteiger partial charge on any atom is -0.237 e. The van der Waals surface area contributed by atoms with Crippen LogP contribution in [0.5, 0.6) is 0 Å². The molecule has 0 aromatic heterocycles. The smallest absolute Gasteiger partial charge is 0.0825 e. The Labute approximate surface area is 99.5 Å². The van der Waals surface area contributed by atoms with Gasteiger partial charge in [0.05, 0.1) is 6.61 Å². The van der Waals surface area contributed by atoms with Crippen molar-refractivity contribution in [3.63, 3.8) is 0 Å². The fourth-order valence-electron chi connectivity index (χ4n) is 2.13. The van der Waals surface area contributed by atoms with E-state index in [1.165, 1.54) is 36.0 Å². The van der Waals surface area contributed by atoms with Gasteiger partial charge in [-0.1, -0.05) is 44.9 Å². The molecule has 89 valence electrons. The first-order valence-corrected chi connectivity index (χ1v) is 6.50. The van der Waals surface area contributed by atoms with Gasteiger partial charge in [0.2, 0.25) is 0 Å². The number of hydrogen-bond donors (Lipinski definition) is 0. The molecule has 0 amide bonds. The average Bonchev–Trinajstić information content (AvgIpc) is 2.29. The van der Waals surface area contributed by atoms with Gasteiger partial charge in [0.25, 0.3) is 0 Å². The van der Waals surface area contributed by atoms with Gasteiger partial charge in [-0.05, 0) is 42.4 Å². The Kier molecular flexibility index (Phi) is 6.17. The van der Waals surface area contributed by atoms with Gasteiger partial charge < -0.3 is 0 Å². The standard InChI is InChI=1S/C15H23O/c1-3-6-13-9-10-14(8-5-11-16)15(12-13)7-4-2/h9-10,12H,3-8,11H2,1-2H3. The molecule has 0 saturated carbocycles. The molecule has 0 aliphatic rings. The largest absolute Gasteiger partial charge is 0.237 e. The summed E-state index contributed by atoms with van der Waals surface area (Å²) in [6.07, 6.45) is 6.41. The van der Waals surface area contributed by atoms with E-state index in [2.05, 4.69) is 32.0 Å². The summed E-state index contributed by atoms with van der Waals surface area (Å²) in [5.41, 5.74) is 4.29. The van der Waals surface area contributed by atoms with E-state index in [9.17, 15) is 5.11 Å². The van der Waals surface area contributed by atoms with Crippen LogP contribution in [0.15, 0.2) is 18.2 Å². The highest BCUT2D eigenvalue weighted by molar-refractivity contribution is 5.32. The molecule has 1 aromatic rings. The van der Waals surface area contributed by atoms with E-state index >= 15 is 0 Å². The Balaban J connectivity index is 2.80. The van der Waals surface area contributed by atoms with E-state index in [0.717, 1.165) is 19.3 Å². The minimum atomic E-state index is 0.0439. The number of benzene rings is 1. The zero-order chi connectivity index (χ0) is 11.8. The molecule has 0 spiro atoms. The predicted molar refractivity (Wildman–Crippen MR) is 68.3 cm³/mol. The van der Waals surface area contributed by atoms with Crippen molar-refractivity contribution in [2.24, 2.45) is 0 Å². The number of aryl methyl sites for hydroxylation is 3. The van der Waals surface area contributed by atoms with Gasteiger partial charge in [0, 0.05) is 0 Å². The summed E-state index contributed by atoms with van der Waals surface area (Å²) in [6, 6.07) is 6.79. The Bertz CT molecular complexity index is 304. The van der Waals surface area contributed by atoms with E-state index in [-0.39, 0.29) is 6.61 Å². The quantitative estimate of drug-likeness (QED) is 0.661. The summed E-state index contributed by atoms with van der Waals surface area (Å²) in [6.45, 7) is 4.47. The lowest BCUT2D eigenvalue weighted by Crippen LogP contribution is -1.98. The second-order valence-corrected chi connectivity index (χ2v) is 4.41. The Hall–Kier alpha value is -0.820. The van der Waals surface area contributed by atoms with Gasteiger partial charge in [-0.2, -0.15) is 0 Å². The molecular formula is C15H23O. The normalized spacial score (nSPS) is 10.7. The highest BCUT2D eigenvalue weighted by atomic mass is 16.2. The fraction of sp³-hybridized carbons (Fsp3) is 0.600. The van der Waals surface area contributed by atoms with Crippen LogP contribution in [0.1, 0.15) is 49.8 Å². The lowest BCUT2D eigenvalue weighted by Gasteiger charge is -2.10. The third-order valence-electron chi connectivity index (χ3n) is 2.92. The van der Waals surface area contributed by atoms with Crippen LogP contribution >= 0.6 is 0 Å². The van der Waals surface area contributed by atoms with Crippen molar-refractivity contribution in [1.82, 2.24) is 0 Å². The topological polar surface area (TPSA) is 19.9 Å².